The second-order valence-corrected chi connectivity index (χ2v) is 6.31. The zero-order valence-electron chi connectivity index (χ0n) is 13.0. The molecule has 114 valence electrons. The maximum atomic E-state index is 11.4. The summed E-state index contributed by atoms with van der Waals surface area (Å²) >= 11 is 0. The van der Waals surface area contributed by atoms with Crippen LogP contribution in [0.1, 0.15) is 41.0 Å². The van der Waals surface area contributed by atoms with Crippen LogP contribution in [0, 0.1) is 0 Å². The van der Waals surface area contributed by atoms with Crippen LogP contribution in [0.25, 0.3) is 10.8 Å². The van der Waals surface area contributed by atoms with E-state index in [9.17, 15) is 9.90 Å². The van der Waals surface area contributed by atoms with Gasteiger partial charge in [-0.3, -0.25) is 4.79 Å². The maximum Gasteiger partial charge on any atom is 0.310 e. The minimum absolute atomic E-state index is 0.366. The number of hydrogen-bond acceptors (Lipinski definition) is 1. The Kier molecular flexibility index (Phi) is 3.19. The summed E-state index contributed by atoms with van der Waals surface area (Å²) in [5.41, 5.74) is 4.88. The highest BCUT2D eigenvalue weighted by Crippen LogP contribution is 2.43. The molecule has 1 N–H and O–H groups in total. The number of aliphatic carboxylic acids is 1. The fourth-order valence-electron chi connectivity index (χ4n) is 3.82. The predicted molar refractivity (Wildman–Crippen MR) is 92.0 cm³/mol. The van der Waals surface area contributed by atoms with E-state index >= 15 is 0 Å². The van der Waals surface area contributed by atoms with Crippen molar-refractivity contribution in [2.24, 2.45) is 0 Å². The highest BCUT2D eigenvalue weighted by atomic mass is 16.4. The van der Waals surface area contributed by atoms with Gasteiger partial charge in [0.1, 0.15) is 0 Å². The summed E-state index contributed by atoms with van der Waals surface area (Å²) in [6, 6.07) is 21.0. The molecule has 2 atom stereocenters. The zero-order chi connectivity index (χ0) is 16.0. The van der Waals surface area contributed by atoms with Crippen LogP contribution in [0.5, 0.6) is 0 Å². The van der Waals surface area contributed by atoms with E-state index in [4.69, 9.17) is 0 Å². The Morgan fingerprint density at radius 3 is 2.57 bits per heavy atom. The Morgan fingerprint density at radius 2 is 1.83 bits per heavy atom. The van der Waals surface area contributed by atoms with Gasteiger partial charge < -0.3 is 5.11 Å². The molecule has 0 aliphatic heterocycles. The molecule has 3 aromatic rings. The molecule has 2 heteroatoms. The van der Waals surface area contributed by atoms with Crippen molar-refractivity contribution in [3.8, 4) is 0 Å². The second-order valence-electron chi connectivity index (χ2n) is 6.31. The largest absolute Gasteiger partial charge is 0.481 e. The van der Waals surface area contributed by atoms with Gasteiger partial charge >= 0.3 is 5.97 Å². The van der Waals surface area contributed by atoms with E-state index in [1.807, 2.05) is 12.1 Å². The number of rotatable bonds is 3. The molecule has 0 bridgehead atoms. The zero-order valence-corrected chi connectivity index (χ0v) is 13.0. The normalized spacial score (nSPS) is 17.3. The fraction of sp³-hybridized carbons (Fsp3) is 0.190. The molecule has 0 saturated carbocycles. The Balaban J connectivity index is 1.92. The third-order valence-corrected chi connectivity index (χ3v) is 5.03. The van der Waals surface area contributed by atoms with Crippen molar-refractivity contribution in [1.82, 2.24) is 0 Å². The van der Waals surface area contributed by atoms with Crippen molar-refractivity contribution in [3.05, 3.63) is 82.9 Å². The van der Waals surface area contributed by atoms with Crippen molar-refractivity contribution in [3.63, 3.8) is 0 Å². The van der Waals surface area contributed by atoms with Crippen LogP contribution in [0.2, 0.25) is 0 Å². The molecule has 0 saturated heterocycles. The Hall–Kier alpha value is -2.61. The van der Waals surface area contributed by atoms with E-state index in [2.05, 4.69) is 48.5 Å². The average Bonchev–Trinajstić information content (AvgIpc) is 2.96. The van der Waals surface area contributed by atoms with Gasteiger partial charge in [-0.05, 0) is 46.4 Å². The van der Waals surface area contributed by atoms with Gasteiger partial charge in [0, 0.05) is 5.92 Å². The quantitative estimate of drug-likeness (QED) is 0.760. The maximum absolute atomic E-state index is 11.4. The van der Waals surface area contributed by atoms with Gasteiger partial charge in [-0.1, -0.05) is 60.7 Å². The highest BCUT2D eigenvalue weighted by Gasteiger charge is 2.27. The van der Waals surface area contributed by atoms with Crippen molar-refractivity contribution < 1.29 is 9.90 Å². The summed E-state index contributed by atoms with van der Waals surface area (Å²) < 4.78 is 0. The molecule has 0 amide bonds. The van der Waals surface area contributed by atoms with E-state index in [0.717, 1.165) is 17.4 Å². The number of carbonyl (C=O) groups is 1. The lowest BCUT2D eigenvalue weighted by Crippen LogP contribution is -2.08. The molecule has 23 heavy (non-hydrogen) atoms. The third kappa shape index (κ3) is 2.14. The molecule has 1 aliphatic carbocycles. The summed E-state index contributed by atoms with van der Waals surface area (Å²) in [5.74, 6) is -0.899. The molecule has 1 aliphatic rings. The third-order valence-electron chi connectivity index (χ3n) is 5.03. The number of hydrogen-bond donors (Lipinski definition) is 1. The van der Waals surface area contributed by atoms with Crippen LogP contribution in [0.15, 0.2) is 60.7 Å². The summed E-state index contributed by atoms with van der Waals surface area (Å²) in [7, 11) is 0. The van der Waals surface area contributed by atoms with Crippen LogP contribution in [0.4, 0.5) is 0 Å². The van der Waals surface area contributed by atoms with Crippen LogP contribution >= 0.6 is 0 Å². The first-order valence-electron chi connectivity index (χ1n) is 7.99. The minimum Gasteiger partial charge on any atom is -0.481 e. The first-order chi connectivity index (χ1) is 11.2. The summed E-state index contributed by atoms with van der Waals surface area (Å²) in [5, 5.41) is 11.7. The van der Waals surface area contributed by atoms with Crippen molar-refractivity contribution in [2.45, 2.75) is 25.2 Å². The molecule has 3 aromatic carbocycles. The van der Waals surface area contributed by atoms with E-state index < -0.39 is 11.9 Å². The highest BCUT2D eigenvalue weighted by molar-refractivity contribution is 5.97. The SMILES string of the molecule is CC(C(=O)O)c1ccc2c3c(cccc13)C(c1ccccc1)C2. The molecule has 0 radical (unpaired) electrons. The van der Waals surface area contributed by atoms with Gasteiger partial charge in [0.25, 0.3) is 0 Å². The van der Waals surface area contributed by atoms with Gasteiger partial charge in [0.15, 0.2) is 0 Å². The predicted octanol–water partition coefficient (Wildman–Crippen LogP) is 4.72. The second kappa shape index (κ2) is 5.24. The smallest absolute Gasteiger partial charge is 0.310 e. The van der Waals surface area contributed by atoms with E-state index in [1.54, 1.807) is 6.92 Å². The van der Waals surface area contributed by atoms with Crippen LogP contribution in [0.3, 0.4) is 0 Å². The lowest BCUT2D eigenvalue weighted by atomic mass is 9.90. The van der Waals surface area contributed by atoms with Gasteiger partial charge in [-0.2, -0.15) is 0 Å². The average molecular weight is 302 g/mol. The molecule has 0 heterocycles. The first kappa shape index (κ1) is 14.0. The Bertz CT molecular complexity index is 896. The number of carboxylic acid groups (broad SMARTS) is 1. The van der Waals surface area contributed by atoms with Crippen molar-refractivity contribution in [1.29, 1.82) is 0 Å². The first-order valence-corrected chi connectivity index (χ1v) is 7.99. The van der Waals surface area contributed by atoms with Crippen LogP contribution in [-0.4, -0.2) is 11.1 Å². The summed E-state index contributed by atoms with van der Waals surface area (Å²) in [6.07, 6.45) is 0.988. The molecule has 0 fully saturated rings. The molecule has 2 unspecified atom stereocenters. The molecule has 4 rings (SSSR count). The van der Waals surface area contributed by atoms with Crippen LogP contribution in [-0.2, 0) is 11.2 Å². The van der Waals surface area contributed by atoms with Gasteiger partial charge in [0.05, 0.1) is 5.92 Å². The molecule has 0 aromatic heterocycles. The van der Waals surface area contributed by atoms with Crippen LogP contribution < -0.4 is 0 Å². The van der Waals surface area contributed by atoms with Crippen molar-refractivity contribution >= 4 is 16.7 Å². The lowest BCUT2D eigenvalue weighted by molar-refractivity contribution is -0.138. The van der Waals surface area contributed by atoms with E-state index in [-0.39, 0.29) is 0 Å². The Morgan fingerprint density at radius 1 is 1.04 bits per heavy atom. The topological polar surface area (TPSA) is 37.3 Å². The van der Waals surface area contributed by atoms with Gasteiger partial charge in [-0.15, -0.1) is 0 Å². The summed E-state index contributed by atoms with van der Waals surface area (Å²) in [6.45, 7) is 1.76. The van der Waals surface area contributed by atoms with E-state index in [0.29, 0.717) is 5.92 Å². The Labute approximate surface area is 135 Å². The standard InChI is InChI=1S/C21H18O2/c1-13(21(22)23)16-11-10-15-12-19(14-6-3-2-4-7-14)18-9-5-8-17(16)20(15)18/h2-11,13,19H,12H2,1H3,(H,22,23). The number of benzene rings is 3. The van der Waals surface area contributed by atoms with Gasteiger partial charge in [0.2, 0.25) is 0 Å². The van der Waals surface area contributed by atoms with Gasteiger partial charge in [-0.25, -0.2) is 0 Å². The number of carboxylic acids is 1. The molecule has 2 nitrogen and oxygen atoms in total. The molecular formula is C21H18O2. The fourth-order valence-corrected chi connectivity index (χ4v) is 3.82. The van der Waals surface area contributed by atoms with Crippen molar-refractivity contribution in [2.75, 3.05) is 0 Å². The molecule has 0 spiro atoms. The monoisotopic (exact) mass is 302 g/mol. The van der Waals surface area contributed by atoms with E-state index in [1.165, 1.54) is 22.1 Å². The summed E-state index contributed by atoms with van der Waals surface area (Å²) in [4.78, 5) is 11.4. The minimum atomic E-state index is -0.775. The molecular weight excluding hydrogens is 284 g/mol. The lowest BCUT2D eigenvalue weighted by Gasteiger charge is -2.13.